The lowest BCUT2D eigenvalue weighted by atomic mass is 10.1. The second-order valence-electron chi connectivity index (χ2n) is 2.55. The molecule has 0 saturated heterocycles. The van der Waals surface area contributed by atoms with E-state index in [1.807, 2.05) is 0 Å². The van der Waals surface area contributed by atoms with Crippen LogP contribution < -0.4 is 0 Å². The first-order chi connectivity index (χ1) is 6.86. The molecular weight excluding hydrogens is 247 g/mol. The van der Waals surface area contributed by atoms with Crippen LogP contribution in [0.15, 0.2) is 6.07 Å². The minimum atomic E-state index is -1.55. The van der Waals surface area contributed by atoms with Gasteiger partial charge in [0.15, 0.2) is 0 Å². The lowest BCUT2D eigenvalue weighted by Gasteiger charge is -2.07. The highest BCUT2D eigenvalue weighted by molar-refractivity contribution is 6.39. The maximum absolute atomic E-state index is 10.7. The molecule has 0 atom stereocenters. The Morgan fingerprint density at radius 1 is 1.13 bits per heavy atom. The number of phenols is 1. The first-order valence-electron chi connectivity index (χ1n) is 3.53. The van der Waals surface area contributed by atoms with E-state index in [0.29, 0.717) is 0 Å². The number of hydrogen-bond acceptors (Lipinski definition) is 3. The summed E-state index contributed by atoms with van der Waals surface area (Å²) < 4.78 is 0. The maximum atomic E-state index is 10.7. The number of hydrogen-bond donors (Lipinski definition) is 3. The van der Waals surface area contributed by atoms with Crippen molar-refractivity contribution in [3.63, 3.8) is 0 Å². The van der Waals surface area contributed by atoms with Crippen molar-refractivity contribution in [1.82, 2.24) is 0 Å². The van der Waals surface area contributed by atoms with Crippen molar-refractivity contribution >= 4 is 35.1 Å². The standard InChI is InChI=1S/C8H4Cl2O5/c9-3-1-2(7(12)13)5(10)4(6(3)11)8(14)15/h1,11H,(H,12,13)(H,14,15). The summed E-state index contributed by atoms with van der Waals surface area (Å²) in [6, 6.07) is 0.883. The molecule has 0 aromatic heterocycles. The van der Waals surface area contributed by atoms with E-state index in [2.05, 4.69) is 0 Å². The van der Waals surface area contributed by atoms with Gasteiger partial charge in [-0.05, 0) is 6.07 Å². The molecule has 0 aliphatic rings. The van der Waals surface area contributed by atoms with Gasteiger partial charge in [0.25, 0.3) is 0 Å². The molecule has 1 aromatic carbocycles. The summed E-state index contributed by atoms with van der Waals surface area (Å²) in [4.78, 5) is 21.3. The highest BCUT2D eigenvalue weighted by atomic mass is 35.5. The first kappa shape index (κ1) is 11.6. The molecule has 0 bridgehead atoms. The SMILES string of the molecule is O=C(O)c1cc(Cl)c(O)c(C(=O)O)c1Cl. The van der Waals surface area contributed by atoms with Crippen LogP contribution in [0.5, 0.6) is 5.75 Å². The molecule has 0 aliphatic carbocycles. The monoisotopic (exact) mass is 250 g/mol. The zero-order valence-corrected chi connectivity index (χ0v) is 8.50. The fraction of sp³-hybridized carbons (Fsp3) is 0. The number of carbonyl (C=O) groups is 2. The zero-order chi connectivity index (χ0) is 11.7. The summed E-state index contributed by atoms with van der Waals surface area (Å²) in [6.45, 7) is 0. The molecule has 0 aliphatic heterocycles. The van der Waals surface area contributed by atoms with E-state index in [0.717, 1.165) is 6.07 Å². The van der Waals surface area contributed by atoms with Crippen molar-refractivity contribution in [2.75, 3.05) is 0 Å². The van der Waals surface area contributed by atoms with Gasteiger partial charge in [0, 0.05) is 0 Å². The van der Waals surface area contributed by atoms with Crippen LogP contribution in [0.3, 0.4) is 0 Å². The fourth-order valence-electron chi connectivity index (χ4n) is 0.967. The van der Waals surface area contributed by atoms with E-state index in [-0.39, 0.29) is 5.02 Å². The summed E-state index contributed by atoms with van der Waals surface area (Å²) in [5.41, 5.74) is -1.20. The Balaban J connectivity index is 3.63. The van der Waals surface area contributed by atoms with Gasteiger partial charge in [-0.3, -0.25) is 0 Å². The lowest BCUT2D eigenvalue weighted by molar-refractivity contribution is 0.0693. The number of aromatic hydroxyl groups is 1. The summed E-state index contributed by atoms with van der Waals surface area (Å²) in [5, 5.41) is 25.7. The molecule has 0 fully saturated rings. The molecule has 0 saturated carbocycles. The third-order valence-corrected chi connectivity index (χ3v) is 2.32. The Bertz CT molecular complexity index is 455. The molecule has 3 N–H and O–H groups in total. The lowest BCUT2D eigenvalue weighted by Crippen LogP contribution is -2.05. The van der Waals surface area contributed by atoms with Crippen molar-refractivity contribution < 1.29 is 24.9 Å². The summed E-state index contributed by atoms with van der Waals surface area (Å²) in [5.74, 6) is -3.73. The molecule has 0 amide bonds. The Morgan fingerprint density at radius 3 is 2.07 bits per heavy atom. The van der Waals surface area contributed by atoms with Crippen LogP contribution in [-0.2, 0) is 0 Å². The van der Waals surface area contributed by atoms with Crippen LogP contribution in [0.2, 0.25) is 10.0 Å². The highest BCUT2D eigenvalue weighted by Crippen LogP contribution is 2.35. The number of aromatic carboxylic acids is 2. The normalized spacial score (nSPS) is 10.0. The zero-order valence-electron chi connectivity index (χ0n) is 6.99. The summed E-state index contributed by atoms with van der Waals surface area (Å²) in [7, 11) is 0. The van der Waals surface area contributed by atoms with Gasteiger partial charge < -0.3 is 15.3 Å². The Morgan fingerprint density at radius 2 is 1.67 bits per heavy atom. The number of halogens is 2. The molecule has 7 heteroatoms. The van der Waals surface area contributed by atoms with Crippen molar-refractivity contribution in [1.29, 1.82) is 0 Å². The topological polar surface area (TPSA) is 94.8 Å². The first-order valence-corrected chi connectivity index (χ1v) is 4.29. The van der Waals surface area contributed by atoms with Gasteiger partial charge in [0.1, 0.15) is 11.3 Å². The van der Waals surface area contributed by atoms with Crippen molar-refractivity contribution in [2.24, 2.45) is 0 Å². The Kier molecular flexibility index (Phi) is 3.06. The predicted molar refractivity (Wildman–Crippen MR) is 52.0 cm³/mol. The number of carboxylic acids is 2. The number of rotatable bonds is 2. The van der Waals surface area contributed by atoms with Gasteiger partial charge in [-0.1, -0.05) is 23.2 Å². The minimum absolute atomic E-state index is 0.380. The summed E-state index contributed by atoms with van der Waals surface area (Å²) in [6.07, 6.45) is 0. The average Bonchev–Trinajstić information content (AvgIpc) is 2.10. The second kappa shape index (κ2) is 3.96. The third kappa shape index (κ3) is 1.98. The van der Waals surface area contributed by atoms with Crippen molar-refractivity contribution in [3.8, 4) is 5.75 Å². The highest BCUT2D eigenvalue weighted by Gasteiger charge is 2.23. The van der Waals surface area contributed by atoms with E-state index < -0.39 is 33.8 Å². The van der Waals surface area contributed by atoms with E-state index in [1.165, 1.54) is 0 Å². The second-order valence-corrected chi connectivity index (χ2v) is 3.34. The van der Waals surface area contributed by atoms with E-state index >= 15 is 0 Å². The largest absolute Gasteiger partial charge is 0.505 e. The fourth-order valence-corrected chi connectivity index (χ4v) is 1.48. The molecule has 5 nitrogen and oxygen atoms in total. The molecule has 0 spiro atoms. The Hall–Kier alpha value is -1.46. The van der Waals surface area contributed by atoms with Crippen LogP contribution in [0.1, 0.15) is 20.7 Å². The third-order valence-electron chi connectivity index (χ3n) is 1.63. The van der Waals surface area contributed by atoms with Crippen LogP contribution in [0, 0.1) is 0 Å². The van der Waals surface area contributed by atoms with Gasteiger partial charge in [-0.2, -0.15) is 0 Å². The van der Waals surface area contributed by atoms with Gasteiger partial charge >= 0.3 is 11.9 Å². The van der Waals surface area contributed by atoms with Gasteiger partial charge in [0.2, 0.25) is 0 Å². The molecule has 0 heterocycles. The van der Waals surface area contributed by atoms with Gasteiger partial charge in [-0.15, -0.1) is 0 Å². The van der Waals surface area contributed by atoms with Crippen molar-refractivity contribution in [3.05, 3.63) is 27.2 Å². The Labute approximate surface area is 93.5 Å². The summed E-state index contributed by atoms with van der Waals surface area (Å²) >= 11 is 10.9. The molecule has 1 rings (SSSR count). The molecule has 0 radical (unpaired) electrons. The smallest absolute Gasteiger partial charge is 0.341 e. The molecule has 0 unspecified atom stereocenters. The molecule has 15 heavy (non-hydrogen) atoms. The number of benzene rings is 1. The van der Waals surface area contributed by atoms with Crippen LogP contribution >= 0.6 is 23.2 Å². The van der Waals surface area contributed by atoms with Crippen LogP contribution in [-0.4, -0.2) is 27.3 Å². The maximum Gasteiger partial charge on any atom is 0.341 e. The molecule has 80 valence electrons. The van der Waals surface area contributed by atoms with Crippen molar-refractivity contribution in [2.45, 2.75) is 0 Å². The quantitative estimate of drug-likeness (QED) is 0.747. The molecular formula is C8H4Cl2O5. The molecule has 1 aromatic rings. The van der Waals surface area contributed by atoms with Gasteiger partial charge in [-0.25, -0.2) is 9.59 Å². The predicted octanol–water partition coefficient (Wildman–Crippen LogP) is 2.10. The van der Waals surface area contributed by atoms with Gasteiger partial charge in [0.05, 0.1) is 15.6 Å². The van der Waals surface area contributed by atoms with Crippen LogP contribution in [0.25, 0.3) is 0 Å². The van der Waals surface area contributed by atoms with E-state index in [9.17, 15) is 14.7 Å². The average molecular weight is 251 g/mol. The van der Waals surface area contributed by atoms with E-state index in [1.54, 1.807) is 0 Å². The van der Waals surface area contributed by atoms with Crippen LogP contribution in [0.4, 0.5) is 0 Å². The minimum Gasteiger partial charge on any atom is -0.505 e. The van der Waals surface area contributed by atoms with E-state index in [4.69, 9.17) is 33.4 Å². The number of carboxylic acid groups (broad SMARTS) is 2.